The molecule has 246 valence electrons. The molecule has 1 aliphatic rings. The van der Waals surface area contributed by atoms with E-state index in [1.807, 2.05) is 0 Å². The number of nitrogens with two attached hydrogens (primary N) is 1. The first-order valence-corrected chi connectivity index (χ1v) is 17.3. The number of primary amides is 1. The second-order valence-corrected chi connectivity index (χ2v) is 12.5. The Morgan fingerprint density at radius 3 is 1.60 bits per heavy atom. The van der Waals surface area contributed by atoms with Crippen molar-refractivity contribution in [2.24, 2.45) is 5.73 Å². The lowest BCUT2D eigenvalue weighted by molar-refractivity contribution is -0.141. The first-order chi connectivity index (χ1) is 20.3. The van der Waals surface area contributed by atoms with Gasteiger partial charge in [-0.15, -0.1) is 0 Å². The number of nitrogens with one attached hydrogen (secondary N) is 2. The zero-order valence-corrected chi connectivity index (χ0v) is 26.9. The van der Waals surface area contributed by atoms with Crippen molar-refractivity contribution in [1.82, 2.24) is 15.5 Å². The van der Waals surface area contributed by atoms with Crippen LogP contribution in [0.25, 0.3) is 0 Å². The van der Waals surface area contributed by atoms with Crippen LogP contribution in [0.2, 0.25) is 0 Å². The Kier molecular flexibility index (Phi) is 22.5. The molecular formula is C33H64N4O5. The molecule has 1 heterocycles. The monoisotopic (exact) mass is 596 g/mol. The van der Waals surface area contributed by atoms with Crippen molar-refractivity contribution in [3.8, 4) is 0 Å². The van der Waals surface area contributed by atoms with Gasteiger partial charge in [0.05, 0.1) is 12.2 Å². The first kappa shape index (κ1) is 38.3. The minimum Gasteiger partial charge on any atom is -0.392 e. The number of hydrogen-bond acceptors (Lipinski definition) is 6. The van der Waals surface area contributed by atoms with E-state index in [9.17, 15) is 24.6 Å². The quantitative estimate of drug-likeness (QED) is 0.0653. The Balaban J connectivity index is 2.43. The lowest BCUT2D eigenvalue weighted by atomic mass is 10.0. The van der Waals surface area contributed by atoms with E-state index in [0.29, 0.717) is 32.5 Å². The number of carbonyl (C=O) groups is 3. The molecule has 1 fully saturated rings. The van der Waals surface area contributed by atoms with Crippen molar-refractivity contribution in [1.29, 1.82) is 0 Å². The summed E-state index contributed by atoms with van der Waals surface area (Å²) in [6, 6.07) is -1.99. The third-order valence-corrected chi connectivity index (χ3v) is 8.40. The lowest BCUT2D eigenvalue weighted by Gasteiger charge is -2.29. The molecule has 0 spiro atoms. The van der Waals surface area contributed by atoms with Gasteiger partial charge in [-0.2, -0.15) is 0 Å². The van der Waals surface area contributed by atoms with Crippen molar-refractivity contribution in [2.75, 3.05) is 19.6 Å². The molecule has 42 heavy (non-hydrogen) atoms. The van der Waals surface area contributed by atoms with Gasteiger partial charge < -0.3 is 26.6 Å². The van der Waals surface area contributed by atoms with E-state index < -0.39 is 42.0 Å². The standard InChI is InChI=1S/C33H64N4O5/c1-3-5-7-9-11-13-15-17-21-27(38)25-37(26-28(39)22-18-16-14-12-10-8-6-4-2)24-20-19-23-29-32(41)36-30(31(34)40)33(42)35-29/h27-30,38-39H,3-26H2,1-2H3,(H2,34,40)(H,35,42)(H,36,41). The Hall–Kier alpha value is -1.71. The number of nitrogens with zero attached hydrogens (tertiary/aromatic N) is 1. The predicted octanol–water partition coefficient (Wildman–Crippen LogP) is 4.71. The largest absolute Gasteiger partial charge is 0.392 e. The maximum atomic E-state index is 12.3. The summed E-state index contributed by atoms with van der Waals surface area (Å²) in [5, 5.41) is 26.5. The van der Waals surface area contributed by atoms with Crippen molar-refractivity contribution in [3.05, 3.63) is 0 Å². The van der Waals surface area contributed by atoms with Crippen LogP contribution in [0.5, 0.6) is 0 Å². The van der Waals surface area contributed by atoms with Crippen LogP contribution in [0.15, 0.2) is 0 Å². The van der Waals surface area contributed by atoms with Crippen LogP contribution in [0.4, 0.5) is 0 Å². The first-order valence-electron chi connectivity index (χ1n) is 17.3. The van der Waals surface area contributed by atoms with Gasteiger partial charge in [-0.3, -0.25) is 19.3 Å². The van der Waals surface area contributed by atoms with Gasteiger partial charge in [0.2, 0.25) is 11.8 Å². The molecule has 6 N–H and O–H groups in total. The number of unbranched alkanes of at least 4 members (excludes halogenated alkanes) is 15. The number of piperazine rings is 1. The van der Waals surface area contributed by atoms with Gasteiger partial charge in [0.1, 0.15) is 6.04 Å². The van der Waals surface area contributed by atoms with E-state index >= 15 is 0 Å². The second kappa shape index (κ2) is 24.7. The summed E-state index contributed by atoms with van der Waals surface area (Å²) >= 11 is 0. The molecule has 9 nitrogen and oxygen atoms in total. The van der Waals surface area contributed by atoms with E-state index in [0.717, 1.165) is 44.9 Å². The van der Waals surface area contributed by atoms with E-state index in [1.165, 1.54) is 77.0 Å². The van der Waals surface area contributed by atoms with Gasteiger partial charge in [0, 0.05) is 13.1 Å². The number of aliphatic hydroxyl groups is 2. The summed E-state index contributed by atoms with van der Waals surface area (Å²) in [5.41, 5.74) is 5.17. The van der Waals surface area contributed by atoms with Crippen LogP contribution in [-0.2, 0) is 14.4 Å². The van der Waals surface area contributed by atoms with Gasteiger partial charge in [-0.25, -0.2) is 0 Å². The molecule has 0 aromatic rings. The number of aliphatic hydroxyl groups excluding tert-OH is 2. The van der Waals surface area contributed by atoms with Crippen LogP contribution in [0.3, 0.4) is 0 Å². The minimum atomic E-state index is -1.31. The highest BCUT2D eigenvalue weighted by Gasteiger charge is 2.36. The molecule has 0 aromatic carbocycles. The average molecular weight is 597 g/mol. The SMILES string of the molecule is CCCCCCCCCCC(O)CN(CCCCC1NC(=O)C(C(N)=O)NC1=O)CC(O)CCCCCCCCCC. The lowest BCUT2D eigenvalue weighted by Crippen LogP contribution is -2.65. The fraction of sp³-hybridized carbons (Fsp3) is 0.909. The molecule has 0 aliphatic carbocycles. The Labute approximate surface area is 256 Å². The molecule has 0 bridgehead atoms. The fourth-order valence-electron chi connectivity index (χ4n) is 5.78. The number of carbonyl (C=O) groups excluding carboxylic acids is 3. The third kappa shape index (κ3) is 18.7. The Morgan fingerprint density at radius 1 is 0.690 bits per heavy atom. The van der Waals surface area contributed by atoms with Crippen molar-refractivity contribution in [3.63, 3.8) is 0 Å². The van der Waals surface area contributed by atoms with Crippen LogP contribution in [0.1, 0.15) is 149 Å². The topological polar surface area (TPSA) is 145 Å². The third-order valence-electron chi connectivity index (χ3n) is 8.40. The van der Waals surface area contributed by atoms with E-state index in [4.69, 9.17) is 5.73 Å². The van der Waals surface area contributed by atoms with Crippen LogP contribution < -0.4 is 16.4 Å². The predicted molar refractivity (Wildman–Crippen MR) is 170 cm³/mol. The van der Waals surface area contributed by atoms with Crippen LogP contribution in [0, 0.1) is 0 Å². The maximum Gasteiger partial charge on any atom is 0.253 e. The molecule has 0 radical (unpaired) electrons. The summed E-state index contributed by atoms with van der Waals surface area (Å²) in [4.78, 5) is 37.8. The van der Waals surface area contributed by atoms with Crippen molar-refractivity contribution in [2.45, 2.75) is 173 Å². The summed E-state index contributed by atoms with van der Waals surface area (Å²) in [7, 11) is 0. The molecular weight excluding hydrogens is 532 g/mol. The Morgan fingerprint density at radius 2 is 1.14 bits per heavy atom. The molecule has 9 heteroatoms. The molecule has 1 saturated heterocycles. The zero-order chi connectivity index (χ0) is 31.0. The van der Waals surface area contributed by atoms with Gasteiger partial charge in [0.15, 0.2) is 6.04 Å². The van der Waals surface area contributed by atoms with Gasteiger partial charge in [0.25, 0.3) is 5.91 Å². The van der Waals surface area contributed by atoms with E-state index in [1.54, 1.807) is 0 Å². The number of rotatable bonds is 28. The number of amides is 3. The maximum absolute atomic E-state index is 12.3. The highest BCUT2D eigenvalue weighted by Crippen LogP contribution is 2.15. The summed E-state index contributed by atoms with van der Waals surface area (Å²) < 4.78 is 0. The average Bonchev–Trinajstić information content (AvgIpc) is 2.95. The summed E-state index contributed by atoms with van der Waals surface area (Å²) in [6.45, 7) is 6.24. The van der Waals surface area contributed by atoms with Crippen LogP contribution >= 0.6 is 0 Å². The molecule has 4 unspecified atom stereocenters. The van der Waals surface area contributed by atoms with E-state index in [-0.39, 0.29) is 0 Å². The molecule has 0 saturated carbocycles. The number of hydrogen-bond donors (Lipinski definition) is 5. The highest BCUT2D eigenvalue weighted by molar-refractivity contribution is 6.10. The van der Waals surface area contributed by atoms with Gasteiger partial charge in [-0.05, 0) is 38.6 Å². The fourth-order valence-corrected chi connectivity index (χ4v) is 5.78. The summed E-state index contributed by atoms with van der Waals surface area (Å²) in [5.74, 6) is -1.83. The molecule has 4 atom stereocenters. The van der Waals surface area contributed by atoms with Crippen molar-refractivity contribution < 1.29 is 24.6 Å². The second-order valence-electron chi connectivity index (χ2n) is 12.5. The van der Waals surface area contributed by atoms with Crippen molar-refractivity contribution >= 4 is 17.7 Å². The normalized spacial score (nSPS) is 18.6. The van der Waals surface area contributed by atoms with Gasteiger partial charge >= 0.3 is 0 Å². The zero-order valence-electron chi connectivity index (χ0n) is 26.9. The molecule has 3 amide bonds. The van der Waals surface area contributed by atoms with Gasteiger partial charge in [-0.1, -0.05) is 117 Å². The Bertz CT molecular complexity index is 695. The van der Waals surface area contributed by atoms with Crippen LogP contribution in [-0.4, -0.2) is 76.8 Å². The summed E-state index contributed by atoms with van der Waals surface area (Å²) in [6.07, 6.45) is 22.4. The molecule has 1 aliphatic heterocycles. The molecule has 0 aromatic heterocycles. The molecule has 1 rings (SSSR count). The highest BCUT2D eigenvalue weighted by atomic mass is 16.3. The van der Waals surface area contributed by atoms with E-state index in [2.05, 4.69) is 29.4 Å². The smallest absolute Gasteiger partial charge is 0.253 e. The minimum absolute atomic E-state index is 0.392.